The Bertz CT molecular complexity index is 1250. The van der Waals surface area contributed by atoms with E-state index in [2.05, 4.69) is 59.9 Å². The number of benzene rings is 2. The van der Waals surface area contributed by atoms with Gasteiger partial charge in [0.05, 0.1) is 17.6 Å². The Hall–Kier alpha value is -3.67. The number of fused-ring (bicyclic) bond motifs is 1. The normalized spacial score (nSPS) is 11.2. The number of nitrogens with zero attached hydrogens (tertiary/aromatic N) is 3. The molecule has 176 valence electrons. The van der Waals surface area contributed by atoms with Gasteiger partial charge < -0.3 is 14.6 Å². The molecule has 4 rings (SSSR count). The van der Waals surface area contributed by atoms with Crippen LogP contribution in [-0.2, 0) is 13.0 Å². The summed E-state index contributed by atoms with van der Waals surface area (Å²) in [7, 11) is 0. The minimum Gasteiger partial charge on any atom is -0.491 e. The Kier molecular flexibility index (Phi) is 7.58. The van der Waals surface area contributed by atoms with E-state index in [1.807, 2.05) is 24.3 Å². The quantitative estimate of drug-likeness (QED) is 0.329. The lowest BCUT2D eigenvalue weighted by Crippen LogP contribution is -2.25. The minimum atomic E-state index is -0.151. The van der Waals surface area contributed by atoms with E-state index in [0.717, 1.165) is 35.4 Å². The molecular weight excluding hydrogens is 424 g/mol. The van der Waals surface area contributed by atoms with Crippen molar-refractivity contribution in [1.29, 1.82) is 0 Å². The first kappa shape index (κ1) is 23.5. The molecule has 1 N–H and O–H groups in total. The number of hydrogen-bond donors (Lipinski definition) is 1. The van der Waals surface area contributed by atoms with Crippen LogP contribution in [0.3, 0.4) is 0 Å². The standard InChI is InChI=1S/C28H32N4O2/c1-20(2)22-14-13-21(3)19-26(22)34-18-17-32-25-11-5-4-9-23(25)31-27(32)12-8-16-30-28(33)24-10-6-7-15-29-24/h4-7,9-11,13-15,19-20H,8,12,16-18H2,1-3H3,(H,30,33). The Morgan fingerprint density at radius 1 is 1.09 bits per heavy atom. The van der Waals surface area contributed by atoms with E-state index in [4.69, 9.17) is 9.72 Å². The molecule has 0 aliphatic carbocycles. The molecule has 0 fully saturated rings. The lowest BCUT2D eigenvalue weighted by atomic mass is 10.0. The van der Waals surface area contributed by atoms with E-state index in [0.29, 0.717) is 31.3 Å². The predicted molar refractivity (Wildman–Crippen MR) is 135 cm³/mol. The highest BCUT2D eigenvalue weighted by Gasteiger charge is 2.13. The number of carbonyl (C=O) groups is 1. The Labute approximate surface area is 201 Å². The summed E-state index contributed by atoms with van der Waals surface area (Å²) >= 11 is 0. The summed E-state index contributed by atoms with van der Waals surface area (Å²) in [6.07, 6.45) is 3.18. The summed E-state index contributed by atoms with van der Waals surface area (Å²) in [4.78, 5) is 21.2. The maximum absolute atomic E-state index is 12.2. The molecule has 6 heteroatoms. The molecule has 34 heavy (non-hydrogen) atoms. The molecule has 0 unspecified atom stereocenters. The number of hydrogen-bond acceptors (Lipinski definition) is 4. The van der Waals surface area contributed by atoms with Crippen LogP contribution < -0.4 is 10.1 Å². The first-order chi connectivity index (χ1) is 16.5. The third-order valence-corrected chi connectivity index (χ3v) is 5.86. The fourth-order valence-electron chi connectivity index (χ4n) is 4.09. The van der Waals surface area contributed by atoms with E-state index in [9.17, 15) is 4.79 Å². The van der Waals surface area contributed by atoms with Crippen LogP contribution in [0.4, 0.5) is 0 Å². The molecule has 0 bridgehead atoms. The van der Waals surface area contributed by atoms with Crippen LogP contribution in [0.1, 0.15) is 53.6 Å². The Balaban J connectivity index is 1.40. The third kappa shape index (κ3) is 5.63. The highest BCUT2D eigenvalue weighted by Crippen LogP contribution is 2.27. The van der Waals surface area contributed by atoms with Crippen LogP contribution in [0, 0.1) is 6.92 Å². The number of rotatable bonds is 10. The van der Waals surface area contributed by atoms with Crippen molar-refractivity contribution in [2.24, 2.45) is 0 Å². The van der Waals surface area contributed by atoms with Crippen LogP contribution in [0.25, 0.3) is 11.0 Å². The number of ether oxygens (including phenoxy) is 1. The monoisotopic (exact) mass is 456 g/mol. The highest BCUT2D eigenvalue weighted by atomic mass is 16.5. The molecule has 2 aromatic carbocycles. The zero-order chi connectivity index (χ0) is 23.9. The smallest absolute Gasteiger partial charge is 0.269 e. The fraction of sp³-hybridized carbons (Fsp3) is 0.321. The van der Waals surface area contributed by atoms with Gasteiger partial charge in [0.1, 0.15) is 23.9 Å². The van der Waals surface area contributed by atoms with Crippen molar-refractivity contribution in [3.63, 3.8) is 0 Å². The number of aromatic nitrogens is 3. The molecule has 0 atom stereocenters. The summed E-state index contributed by atoms with van der Waals surface area (Å²) < 4.78 is 8.49. The van der Waals surface area contributed by atoms with E-state index >= 15 is 0 Å². The summed E-state index contributed by atoms with van der Waals surface area (Å²) in [5.74, 6) is 2.21. The van der Waals surface area contributed by atoms with Gasteiger partial charge in [0.25, 0.3) is 5.91 Å². The van der Waals surface area contributed by atoms with Crippen molar-refractivity contribution >= 4 is 16.9 Å². The highest BCUT2D eigenvalue weighted by molar-refractivity contribution is 5.92. The van der Waals surface area contributed by atoms with Crippen LogP contribution >= 0.6 is 0 Å². The van der Waals surface area contributed by atoms with Gasteiger partial charge in [0, 0.05) is 19.2 Å². The van der Waals surface area contributed by atoms with E-state index < -0.39 is 0 Å². The van der Waals surface area contributed by atoms with Gasteiger partial charge in [-0.1, -0.05) is 44.2 Å². The Morgan fingerprint density at radius 2 is 1.91 bits per heavy atom. The number of pyridine rings is 1. The maximum atomic E-state index is 12.2. The van der Waals surface area contributed by atoms with Crippen molar-refractivity contribution in [3.05, 3.63) is 89.5 Å². The average molecular weight is 457 g/mol. The topological polar surface area (TPSA) is 69.0 Å². The summed E-state index contributed by atoms with van der Waals surface area (Å²) in [6.45, 7) is 8.30. The van der Waals surface area contributed by atoms with E-state index in [1.165, 1.54) is 11.1 Å². The zero-order valence-corrected chi connectivity index (χ0v) is 20.1. The van der Waals surface area contributed by atoms with Crippen LogP contribution in [0.5, 0.6) is 5.75 Å². The first-order valence-corrected chi connectivity index (χ1v) is 11.9. The predicted octanol–water partition coefficient (Wildman–Crippen LogP) is 5.30. The van der Waals surface area contributed by atoms with Crippen LogP contribution in [0.15, 0.2) is 66.9 Å². The van der Waals surface area contributed by atoms with Gasteiger partial charge in [-0.15, -0.1) is 0 Å². The molecule has 0 saturated carbocycles. The summed E-state index contributed by atoms with van der Waals surface area (Å²) in [5.41, 5.74) is 4.94. The van der Waals surface area contributed by atoms with Crippen molar-refractivity contribution in [3.8, 4) is 5.75 Å². The maximum Gasteiger partial charge on any atom is 0.269 e. The van der Waals surface area contributed by atoms with Gasteiger partial charge in [0.2, 0.25) is 0 Å². The van der Waals surface area contributed by atoms with Crippen molar-refractivity contribution in [2.75, 3.05) is 13.2 Å². The molecule has 2 heterocycles. The van der Waals surface area contributed by atoms with Gasteiger partial charge >= 0.3 is 0 Å². The molecule has 1 amide bonds. The minimum absolute atomic E-state index is 0.151. The second-order valence-corrected chi connectivity index (χ2v) is 8.79. The van der Waals surface area contributed by atoms with Crippen molar-refractivity contribution in [1.82, 2.24) is 19.9 Å². The molecule has 2 aromatic heterocycles. The van der Waals surface area contributed by atoms with Crippen LogP contribution in [-0.4, -0.2) is 33.6 Å². The second kappa shape index (κ2) is 11.0. The number of para-hydroxylation sites is 2. The lowest BCUT2D eigenvalue weighted by Gasteiger charge is -2.16. The average Bonchev–Trinajstić information content (AvgIpc) is 3.19. The number of carbonyl (C=O) groups excluding carboxylic acids is 1. The van der Waals surface area contributed by atoms with Gasteiger partial charge in [-0.05, 0) is 60.7 Å². The largest absolute Gasteiger partial charge is 0.491 e. The fourth-order valence-corrected chi connectivity index (χ4v) is 4.09. The number of nitrogens with one attached hydrogen (secondary N) is 1. The summed E-state index contributed by atoms with van der Waals surface area (Å²) in [6, 6.07) is 19.9. The van der Waals surface area contributed by atoms with Crippen molar-refractivity contribution in [2.45, 2.75) is 46.1 Å². The molecule has 0 saturated heterocycles. The molecule has 0 spiro atoms. The molecular formula is C28H32N4O2. The number of amides is 1. The van der Waals surface area contributed by atoms with Gasteiger partial charge in [-0.25, -0.2) is 4.98 Å². The summed E-state index contributed by atoms with van der Waals surface area (Å²) in [5, 5.41) is 2.95. The van der Waals surface area contributed by atoms with E-state index in [1.54, 1.807) is 18.3 Å². The lowest BCUT2D eigenvalue weighted by molar-refractivity contribution is 0.0948. The molecule has 0 radical (unpaired) electrons. The van der Waals surface area contributed by atoms with Gasteiger partial charge in [-0.3, -0.25) is 9.78 Å². The van der Waals surface area contributed by atoms with Gasteiger partial charge in [0.15, 0.2) is 0 Å². The molecule has 0 aliphatic heterocycles. The Morgan fingerprint density at radius 3 is 2.71 bits per heavy atom. The number of aryl methyl sites for hydroxylation is 2. The van der Waals surface area contributed by atoms with Crippen LogP contribution in [0.2, 0.25) is 0 Å². The second-order valence-electron chi connectivity index (χ2n) is 8.79. The zero-order valence-electron chi connectivity index (χ0n) is 20.1. The van der Waals surface area contributed by atoms with Gasteiger partial charge in [-0.2, -0.15) is 0 Å². The number of imidazole rings is 1. The molecule has 0 aliphatic rings. The SMILES string of the molecule is Cc1ccc(C(C)C)c(OCCn2c(CCCNC(=O)c3ccccn3)nc3ccccc32)c1. The van der Waals surface area contributed by atoms with E-state index in [-0.39, 0.29) is 5.91 Å². The first-order valence-electron chi connectivity index (χ1n) is 11.9. The third-order valence-electron chi connectivity index (χ3n) is 5.86. The molecule has 6 nitrogen and oxygen atoms in total. The molecule has 4 aromatic rings. The van der Waals surface area contributed by atoms with Crippen molar-refractivity contribution < 1.29 is 9.53 Å².